The van der Waals surface area contributed by atoms with Crippen LogP contribution in [0.25, 0.3) is 0 Å². The molecule has 0 aliphatic heterocycles. The zero-order chi connectivity index (χ0) is 14.3. The number of rotatable bonds is 5. The van der Waals surface area contributed by atoms with Gasteiger partial charge < -0.3 is 16.0 Å². The molecule has 0 aliphatic carbocycles. The van der Waals surface area contributed by atoms with Crippen LogP contribution in [0.4, 0.5) is 5.69 Å². The van der Waals surface area contributed by atoms with E-state index in [0.29, 0.717) is 5.11 Å². The number of nitrogens with one attached hydrogen (secondary N) is 3. The van der Waals surface area contributed by atoms with Gasteiger partial charge in [-0.05, 0) is 44.1 Å². The van der Waals surface area contributed by atoms with Crippen molar-refractivity contribution >= 4 is 28.9 Å². The molecule has 1 rings (SSSR count). The fourth-order valence-electron chi connectivity index (χ4n) is 1.62. The number of carbonyl (C=O) groups excluding carboxylic acids is 1. The van der Waals surface area contributed by atoms with Crippen molar-refractivity contribution in [1.29, 1.82) is 0 Å². The minimum atomic E-state index is -0.103. The second-order valence-electron chi connectivity index (χ2n) is 4.54. The van der Waals surface area contributed by atoms with E-state index >= 15 is 0 Å². The number of hydrogen-bond donors (Lipinski definition) is 3. The summed E-state index contributed by atoms with van der Waals surface area (Å²) >= 11 is 5.06. The molecule has 104 valence electrons. The zero-order valence-corrected chi connectivity index (χ0v) is 12.4. The molecule has 1 aromatic rings. The molecule has 4 nitrogen and oxygen atoms in total. The molecule has 0 aliphatic rings. The summed E-state index contributed by atoms with van der Waals surface area (Å²) in [6.45, 7) is 6.21. The molecular formula is C14H21N3OS. The van der Waals surface area contributed by atoms with Crippen LogP contribution >= 0.6 is 12.2 Å². The fourth-order valence-corrected chi connectivity index (χ4v) is 1.93. The lowest BCUT2D eigenvalue weighted by atomic mass is 10.1. The molecule has 0 radical (unpaired) electrons. The van der Waals surface area contributed by atoms with Crippen LogP contribution < -0.4 is 16.0 Å². The molecule has 0 saturated heterocycles. The Labute approximate surface area is 120 Å². The normalized spacial score (nSPS) is 10.1. The standard InChI is InChI=1S/C14H21N3OS/c1-4-11-7-5-6-8-12(11)17-13(18)9-15-14(19)16-10(2)3/h5-8,10H,4,9H2,1-3H3,(H,17,18)(H2,15,16,19). The second-order valence-corrected chi connectivity index (χ2v) is 4.95. The van der Waals surface area contributed by atoms with E-state index in [4.69, 9.17) is 12.2 Å². The van der Waals surface area contributed by atoms with Crippen LogP contribution in [-0.4, -0.2) is 23.6 Å². The number of benzene rings is 1. The number of thiocarbonyl (C=S) groups is 1. The van der Waals surface area contributed by atoms with Gasteiger partial charge in [0.2, 0.25) is 5.91 Å². The first kappa shape index (κ1) is 15.4. The Balaban J connectivity index is 2.45. The van der Waals surface area contributed by atoms with Gasteiger partial charge in [-0.1, -0.05) is 25.1 Å². The topological polar surface area (TPSA) is 53.2 Å². The van der Waals surface area contributed by atoms with Crippen molar-refractivity contribution in [2.24, 2.45) is 0 Å². The number of para-hydroxylation sites is 1. The van der Waals surface area contributed by atoms with Gasteiger partial charge in [0.1, 0.15) is 0 Å². The smallest absolute Gasteiger partial charge is 0.243 e. The number of amides is 1. The summed E-state index contributed by atoms with van der Waals surface area (Å²) in [5.41, 5.74) is 1.98. The average Bonchev–Trinajstić information content (AvgIpc) is 2.36. The van der Waals surface area contributed by atoms with Crippen molar-refractivity contribution in [3.05, 3.63) is 29.8 Å². The lowest BCUT2D eigenvalue weighted by Gasteiger charge is -2.14. The van der Waals surface area contributed by atoms with E-state index in [-0.39, 0.29) is 18.5 Å². The Kier molecular flexibility index (Phi) is 6.29. The van der Waals surface area contributed by atoms with E-state index in [0.717, 1.165) is 17.7 Å². The van der Waals surface area contributed by atoms with Crippen molar-refractivity contribution in [3.63, 3.8) is 0 Å². The van der Waals surface area contributed by atoms with Crippen LogP contribution in [0.5, 0.6) is 0 Å². The lowest BCUT2D eigenvalue weighted by molar-refractivity contribution is -0.115. The SMILES string of the molecule is CCc1ccccc1NC(=O)CNC(=S)NC(C)C. The number of anilines is 1. The summed E-state index contributed by atoms with van der Waals surface area (Å²) in [5.74, 6) is -0.103. The molecule has 3 N–H and O–H groups in total. The molecular weight excluding hydrogens is 258 g/mol. The largest absolute Gasteiger partial charge is 0.361 e. The predicted molar refractivity (Wildman–Crippen MR) is 83.3 cm³/mol. The van der Waals surface area contributed by atoms with E-state index in [2.05, 4.69) is 22.9 Å². The van der Waals surface area contributed by atoms with Crippen LogP contribution in [0, 0.1) is 0 Å². The second kappa shape index (κ2) is 7.74. The Hall–Kier alpha value is -1.62. The van der Waals surface area contributed by atoms with E-state index < -0.39 is 0 Å². The van der Waals surface area contributed by atoms with Crippen LogP contribution in [-0.2, 0) is 11.2 Å². The molecule has 19 heavy (non-hydrogen) atoms. The van der Waals surface area contributed by atoms with E-state index in [1.807, 2.05) is 38.1 Å². The molecule has 0 saturated carbocycles. The Morgan fingerprint density at radius 1 is 1.32 bits per heavy atom. The van der Waals surface area contributed by atoms with Gasteiger partial charge in [-0.25, -0.2) is 0 Å². The van der Waals surface area contributed by atoms with E-state index in [9.17, 15) is 4.79 Å². The molecule has 0 unspecified atom stereocenters. The fraction of sp³-hybridized carbons (Fsp3) is 0.429. The summed E-state index contributed by atoms with van der Waals surface area (Å²) in [4.78, 5) is 11.8. The van der Waals surface area contributed by atoms with E-state index in [1.165, 1.54) is 0 Å². The highest BCUT2D eigenvalue weighted by Crippen LogP contribution is 2.14. The van der Waals surface area contributed by atoms with Gasteiger partial charge in [0.05, 0.1) is 6.54 Å². The third kappa shape index (κ3) is 5.70. The highest BCUT2D eigenvalue weighted by Gasteiger charge is 2.06. The van der Waals surface area contributed by atoms with Gasteiger partial charge in [0.15, 0.2) is 5.11 Å². The third-order valence-corrected chi connectivity index (χ3v) is 2.76. The van der Waals surface area contributed by atoms with Crippen molar-refractivity contribution in [2.45, 2.75) is 33.2 Å². The summed E-state index contributed by atoms with van der Waals surface area (Å²) in [6.07, 6.45) is 0.886. The molecule has 0 bridgehead atoms. The highest BCUT2D eigenvalue weighted by molar-refractivity contribution is 7.80. The first-order chi connectivity index (χ1) is 9.02. The maximum Gasteiger partial charge on any atom is 0.243 e. The van der Waals surface area contributed by atoms with Crippen molar-refractivity contribution in [2.75, 3.05) is 11.9 Å². The number of carbonyl (C=O) groups is 1. The Bertz CT molecular complexity index is 446. The van der Waals surface area contributed by atoms with Crippen LogP contribution in [0.15, 0.2) is 24.3 Å². The molecule has 0 spiro atoms. The molecule has 1 aromatic carbocycles. The molecule has 0 heterocycles. The minimum Gasteiger partial charge on any atom is -0.361 e. The van der Waals surface area contributed by atoms with Crippen LogP contribution in [0.2, 0.25) is 0 Å². The van der Waals surface area contributed by atoms with Crippen LogP contribution in [0.3, 0.4) is 0 Å². The van der Waals surface area contributed by atoms with Crippen molar-refractivity contribution < 1.29 is 4.79 Å². The Morgan fingerprint density at radius 2 is 2.00 bits per heavy atom. The van der Waals surface area contributed by atoms with Gasteiger partial charge in [-0.2, -0.15) is 0 Å². The quantitative estimate of drug-likeness (QED) is 0.722. The van der Waals surface area contributed by atoms with Gasteiger partial charge in [-0.3, -0.25) is 4.79 Å². The molecule has 0 atom stereocenters. The third-order valence-electron chi connectivity index (χ3n) is 2.50. The van der Waals surface area contributed by atoms with Gasteiger partial charge in [-0.15, -0.1) is 0 Å². The monoisotopic (exact) mass is 279 g/mol. The molecule has 5 heteroatoms. The van der Waals surface area contributed by atoms with Crippen molar-refractivity contribution in [3.8, 4) is 0 Å². The van der Waals surface area contributed by atoms with E-state index in [1.54, 1.807) is 0 Å². The summed E-state index contributed by atoms with van der Waals surface area (Å²) < 4.78 is 0. The maximum absolute atomic E-state index is 11.8. The minimum absolute atomic E-state index is 0.103. The molecule has 0 aromatic heterocycles. The maximum atomic E-state index is 11.8. The number of aryl methyl sites for hydroxylation is 1. The van der Waals surface area contributed by atoms with Crippen LogP contribution in [0.1, 0.15) is 26.3 Å². The zero-order valence-electron chi connectivity index (χ0n) is 11.6. The first-order valence-corrected chi connectivity index (χ1v) is 6.85. The lowest BCUT2D eigenvalue weighted by Crippen LogP contribution is -2.42. The summed E-state index contributed by atoms with van der Waals surface area (Å²) in [5, 5.41) is 9.28. The van der Waals surface area contributed by atoms with Gasteiger partial charge >= 0.3 is 0 Å². The van der Waals surface area contributed by atoms with Gasteiger partial charge in [0, 0.05) is 11.7 Å². The van der Waals surface area contributed by atoms with Crippen molar-refractivity contribution in [1.82, 2.24) is 10.6 Å². The average molecular weight is 279 g/mol. The number of hydrogen-bond acceptors (Lipinski definition) is 2. The highest BCUT2D eigenvalue weighted by atomic mass is 32.1. The summed E-state index contributed by atoms with van der Waals surface area (Å²) in [7, 11) is 0. The molecule has 1 amide bonds. The predicted octanol–water partition coefficient (Wildman–Crippen LogP) is 2.06. The summed E-state index contributed by atoms with van der Waals surface area (Å²) in [6, 6.07) is 8.04. The van der Waals surface area contributed by atoms with Gasteiger partial charge in [0.25, 0.3) is 0 Å². The molecule has 0 fully saturated rings. The first-order valence-electron chi connectivity index (χ1n) is 6.45. The Morgan fingerprint density at radius 3 is 2.63 bits per heavy atom.